The highest BCUT2D eigenvalue weighted by Crippen LogP contribution is 2.30. The van der Waals surface area contributed by atoms with Crippen LogP contribution in [-0.2, 0) is 13.0 Å². The molecule has 2 N–H and O–H groups in total. The second-order valence-corrected chi connectivity index (χ2v) is 5.97. The molecule has 2 heterocycles. The monoisotopic (exact) mass is 352 g/mol. The van der Waals surface area contributed by atoms with E-state index in [1.807, 2.05) is 0 Å². The average molecular weight is 353 g/mol. The molecule has 0 spiro atoms. The van der Waals surface area contributed by atoms with E-state index in [0.717, 1.165) is 11.1 Å². The topological polar surface area (TPSA) is 57.2 Å². The smallest absolute Gasteiger partial charge is 0.265 e. The Labute approximate surface area is 129 Å². The molecule has 1 unspecified atom stereocenters. The zero-order valence-corrected chi connectivity index (χ0v) is 13.0. The number of nitrogens with zero attached hydrogens (tertiary/aromatic N) is 1. The largest absolute Gasteiger partial charge is 0.488 e. The van der Waals surface area contributed by atoms with E-state index in [0.29, 0.717) is 28.9 Å². The van der Waals surface area contributed by atoms with Crippen LogP contribution >= 0.6 is 15.9 Å². The molecule has 1 atom stereocenters. The van der Waals surface area contributed by atoms with Crippen molar-refractivity contribution in [3.8, 4) is 5.75 Å². The first-order chi connectivity index (χ1) is 9.95. The van der Waals surface area contributed by atoms with Gasteiger partial charge in [-0.15, -0.1) is 0 Å². The minimum atomic E-state index is -0.280. The number of aromatic nitrogens is 1. The molecular weight excluding hydrogens is 339 g/mol. The van der Waals surface area contributed by atoms with Gasteiger partial charge in [-0.1, -0.05) is 0 Å². The molecule has 1 aliphatic heterocycles. The molecular formula is C15H14BrFN2O2. The number of hydrogen-bond acceptors (Lipinski definition) is 3. The van der Waals surface area contributed by atoms with E-state index in [9.17, 15) is 9.18 Å². The lowest BCUT2D eigenvalue weighted by molar-refractivity contribution is 0.207. The Balaban J connectivity index is 1.86. The first-order valence-electron chi connectivity index (χ1n) is 6.56. The number of rotatable bonds is 2. The maximum Gasteiger partial charge on any atom is 0.265 e. The number of nitrogen functional groups attached to an aromatic ring is 1. The van der Waals surface area contributed by atoms with Crippen LogP contribution in [0.15, 0.2) is 33.7 Å². The van der Waals surface area contributed by atoms with E-state index < -0.39 is 0 Å². The van der Waals surface area contributed by atoms with E-state index >= 15 is 0 Å². The molecule has 0 bridgehead atoms. The Bertz CT molecular complexity index is 773. The normalized spacial score (nSPS) is 16.6. The Morgan fingerprint density at radius 3 is 3.05 bits per heavy atom. The molecule has 6 heteroatoms. The molecule has 21 heavy (non-hydrogen) atoms. The van der Waals surface area contributed by atoms with Gasteiger partial charge in [0.15, 0.2) is 0 Å². The number of anilines is 1. The predicted octanol–water partition coefficient (Wildman–Crippen LogP) is 2.64. The van der Waals surface area contributed by atoms with E-state index in [1.54, 1.807) is 19.2 Å². The van der Waals surface area contributed by atoms with Crippen molar-refractivity contribution in [2.45, 2.75) is 26.0 Å². The molecule has 0 fully saturated rings. The molecule has 0 amide bonds. The Morgan fingerprint density at radius 2 is 2.29 bits per heavy atom. The lowest BCUT2D eigenvalue weighted by Gasteiger charge is -2.15. The molecule has 4 nitrogen and oxygen atoms in total. The number of nitrogens with two attached hydrogens (primary N) is 1. The van der Waals surface area contributed by atoms with Crippen molar-refractivity contribution in [2.75, 3.05) is 5.73 Å². The second-order valence-electron chi connectivity index (χ2n) is 5.18. The summed E-state index contributed by atoms with van der Waals surface area (Å²) in [7, 11) is 0. The summed E-state index contributed by atoms with van der Waals surface area (Å²) in [6.07, 6.45) is 1.99. The fourth-order valence-corrected chi connectivity index (χ4v) is 2.94. The Kier molecular flexibility index (Phi) is 3.49. The maximum atomic E-state index is 13.2. The van der Waals surface area contributed by atoms with Crippen LogP contribution in [0.5, 0.6) is 5.75 Å². The van der Waals surface area contributed by atoms with Crippen molar-refractivity contribution in [1.29, 1.82) is 0 Å². The summed E-state index contributed by atoms with van der Waals surface area (Å²) < 4.78 is 20.9. The summed E-state index contributed by atoms with van der Waals surface area (Å²) in [6.45, 7) is 2.16. The van der Waals surface area contributed by atoms with Gasteiger partial charge in [0.1, 0.15) is 17.7 Å². The third-order valence-corrected chi connectivity index (χ3v) is 4.60. The standard InChI is InChI=1S/C15H14BrFN2O2/c1-8-12(18)7-19(15(20)14(8)16)6-11-5-9-4-10(17)2-3-13(9)21-11/h2-4,7,11H,5-6,18H2,1H3. The van der Waals surface area contributed by atoms with Crippen molar-refractivity contribution < 1.29 is 9.13 Å². The van der Waals surface area contributed by atoms with Crippen LogP contribution in [0.2, 0.25) is 0 Å². The molecule has 3 rings (SSSR count). The number of hydrogen-bond donors (Lipinski definition) is 1. The fourth-order valence-electron chi connectivity index (χ4n) is 2.48. The van der Waals surface area contributed by atoms with Crippen molar-refractivity contribution in [2.24, 2.45) is 0 Å². The number of benzene rings is 1. The summed E-state index contributed by atoms with van der Waals surface area (Å²) in [5.41, 5.74) is 7.84. The van der Waals surface area contributed by atoms with Gasteiger partial charge in [-0.3, -0.25) is 4.79 Å². The highest BCUT2D eigenvalue weighted by Gasteiger charge is 2.24. The second kappa shape index (κ2) is 5.18. The number of fused-ring (bicyclic) bond motifs is 1. The van der Waals surface area contributed by atoms with Crippen molar-refractivity contribution in [1.82, 2.24) is 4.57 Å². The van der Waals surface area contributed by atoms with Gasteiger partial charge in [0.25, 0.3) is 5.56 Å². The number of halogens is 2. The minimum absolute atomic E-state index is 0.146. The Hall–Kier alpha value is -1.82. The maximum absolute atomic E-state index is 13.2. The van der Waals surface area contributed by atoms with E-state index in [-0.39, 0.29) is 17.5 Å². The highest BCUT2D eigenvalue weighted by molar-refractivity contribution is 9.10. The van der Waals surface area contributed by atoms with Crippen LogP contribution in [0.4, 0.5) is 10.1 Å². The lowest BCUT2D eigenvalue weighted by Crippen LogP contribution is -2.30. The molecule has 0 aliphatic carbocycles. The van der Waals surface area contributed by atoms with Gasteiger partial charge in [-0.25, -0.2) is 4.39 Å². The van der Waals surface area contributed by atoms with Gasteiger partial charge < -0.3 is 15.0 Å². The molecule has 0 saturated carbocycles. The minimum Gasteiger partial charge on any atom is -0.488 e. The summed E-state index contributed by atoms with van der Waals surface area (Å²) in [5, 5.41) is 0. The first-order valence-corrected chi connectivity index (χ1v) is 7.35. The van der Waals surface area contributed by atoms with Crippen LogP contribution in [0.1, 0.15) is 11.1 Å². The van der Waals surface area contributed by atoms with Crippen molar-refractivity contribution in [3.63, 3.8) is 0 Å². The number of ether oxygens (including phenoxy) is 1. The molecule has 110 valence electrons. The van der Waals surface area contributed by atoms with Gasteiger partial charge >= 0.3 is 0 Å². The molecule has 0 radical (unpaired) electrons. The molecule has 1 aromatic carbocycles. The Morgan fingerprint density at radius 1 is 1.52 bits per heavy atom. The highest BCUT2D eigenvalue weighted by atomic mass is 79.9. The zero-order valence-electron chi connectivity index (χ0n) is 11.4. The van der Waals surface area contributed by atoms with Gasteiger partial charge in [0.05, 0.1) is 16.7 Å². The van der Waals surface area contributed by atoms with Crippen LogP contribution in [0.3, 0.4) is 0 Å². The molecule has 1 aliphatic rings. The molecule has 1 aromatic heterocycles. The van der Waals surface area contributed by atoms with Crippen LogP contribution in [-0.4, -0.2) is 10.7 Å². The summed E-state index contributed by atoms with van der Waals surface area (Å²) >= 11 is 3.26. The third kappa shape index (κ3) is 2.55. The average Bonchev–Trinajstić information content (AvgIpc) is 2.84. The molecule has 0 saturated heterocycles. The SMILES string of the molecule is Cc1c(N)cn(CC2Cc3cc(F)ccc3O2)c(=O)c1Br. The fraction of sp³-hybridized carbons (Fsp3) is 0.267. The first kappa shape index (κ1) is 14.1. The molecule has 2 aromatic rings. The lowest BCUT2D eigenvalue weighted by atomic mass is 10.1. The summed E-state index contributed by atoms with van der Waals surface area (Å²) in [4.78, 5) is 12.2. The van der Waals surface area contributed by atoms with Crippen molar-refractivity contribution >= 4 is 21.6 Å². The van der Waals surface area contributed by atoms with Crippen LogP contribution in [0, 0.1) is 12.7 Å². The van der Waals surface area contributed by atoms with E-state index in [4.69, 9.17) is 10.5 Å². The van der Waals surface area contributed by atoms with Gasteiger partial charge in [0.2, 0.25) is 0 Å². The third-order valence-electron chi connectivity index (χ3n) is 3.67. The summed E-state index contributed by atoms with van der Waals surface area (Å²) in [5.74, 6) is 0.395. The van der Waals surface area contributed by atoms with Gasteiger partial charge in [-0.2, -0.15) is 0 Å². The van der Waals surface area contributed by atoms with E-state index in [1.165, 1.54) is 16.7 Å². The van der Waals surface area contributed by atoms with Crippen LogP contribution < -0.4 is 16.0 Å². The van der Waals surface area contributed by atoms with Gasteiger partial charge in [-0.05, 0) is 46.6 Å². The van der Waals surface area contributed by atoms with E-state index in [2.05, 4.69) is 15.9 Å². The quantitative estimate of drug-likeness (QED) is 0.903. The van der Waals surface area contributed by atoms with Crippen molar-refractivity contribution in [3.05, 3.63) is 56.2 Å². The number of pyridine rings is 1. The van der Waals surface area contributed by atoms with Gasteiger partial charge in [0, 0.05) is 18.2 Å². The predicted molar refractivity (Wildman–Crippen MR) is 82.1 cm³/mol. The van der Waals surface area contributed by atoms with Crippen LogP contribution in [0.25, 0.3) is 0 Å². The zero-order chi connectivity index (χ0) is 15.1. The summed E-state index contributed by atoms with van der Waals surface area (Å²) in [6, 6.07) is 4.46.